The molecule has 0 saturated heterocycles. The van der Waals surface area contributed by atoms with Crippen molar-refractivity contribution >= 4 is 5.82 Å². The molecule has 1 aromatic rings. The monoisotopic (exact) mass is 198 g/mol. The van der Waals surface area contributed by atoms with Crippen LogP contribution in [0.4, 0.5) is 5.82 Å². The first kappa shape index (κ1) is 10.7. The minimum atomic E-state index is 0.431. The molecule has 0 aliphatic carbocycles. The second kappa shape index (κ2) is 6.11. The van der Waals surface area contributed by atoms with Gasteiger partial charge in [0.1, 0.15) is 6.61 Å². The predicted molar refractivity (Wildman–Crippen MR) is 51.8 cm³/mol. The van der Waals surface area contributed by atoms with Crippen LogP contribution in [0.25, 0.3) is 0 Å². The number of aromatic nitrogens is 2. The van der Waals surface area contributed by atoms with Crippen molar-refractivity contribution in [3.63, 3.8) is 0 Å². The number of ether oxygens (including phenoxy) is 2. The van der Waals surface area contributed by atoms with Crippen molar-refractivity contribution in [3.05, 3.63) is 12.4 Å². The van der Waals surface area contributed by atoms with Crippen molar-refractivity contribution < 1.29 is 9.47 Å². The molecule has 0 aromatic carbocycles. The number of hydrogen-bond donors (Lipinski definition) is 2. The normalized spacial score (nSPS) is 9.86. The molecule has 0 atom stereocenters. The van der Waals surface area contributed by atoms with Gasteiger partial charge in [0.05, 0.1) is 19.0 Å². The van der Waals surface area contributed by atoms with E-state index in [-0.39, 0.29) is 0 Å². The summed E-state index contributed by atoms with van der Waals surface area (Å²) in [5.41, 5.74) is 2.38. The van der Waals surface area contributed by atoms with E-state index in [9.17, 15) is 0 Å². The molecule has 6 heteroatoms. The average molecular weight is 198 g/mol. The van der Waals surface area contributed by atoms with Gasteiger partial charge in [0.15, 0.2) is 5.82 Å². The number of anilines is 1. The third kappa shape index (κ3) is 3.55. The first-order valence-corrected chi connectivity index (χ1v) is 4.36. The fourth-order valence-corrected chi connectivity index (χ4v) is 0.837. The van der Waals surface area contributed by atoms with Crippen LogP contribution >= 0.6 is 0 Å². The van der Waals surface area contributed by atoms with Gasteiger partial charge in [-0.3, -0.25) is 4.98 Å². The van der Waals surface area contributed by atoms with Crippen molar-refractivity contribution in [3.8, 4) is 5.88 Å². The van der Waals surface area contributed by atoms with Crippen molar-refractivity contribution in [1.29, 1.82) is 0 Å². The Morgan fingerprint density at radius 3 is 3.00 bits per heavy atom. The van der Waals surface area contributed by atoms with Crippen LogP contribution in [0.1, 0.15) is 6.92 Å². The van der Waals surface area contributed by atoms with Gasteiger partial charge in [0, 0.05) is 6.61 Å². The topological polar surface area (TPSA) is 82.3 Å². The number of nitrogens with two attached hydrogens (primary N) is 1. The maximum Gasteiger partial charge on any atom is 0.234 e. The molecule has 0 radical (unpaired) electrons. The smallest absolute Gasteiger partial charge is 0.234 e. The molecule has 0 aliphatic heterocycles. The quantitative estimate of drug-likeness (QED) is 0.385. The molecule has 14 heavy (non-hydrogen) atoms. The summed E-state index contributed by atoms with van der Waals surface area (Å²) in [5.74, 6) is 6.06. The second-order valence-electron chi connectivity index (χ2n) is 2.43. The molecule has 78 valence electrons. The van der Waals surface area contributed by atoms with Crippen LogP contribution in [-0.4, -0.2) is 29.8 Å². The van der Waals surface area contributed by atoms with Crippen LogP contribution in [-0.2, 0) is 4.74 Å². The van der Waals surface area contributed by atoms with Crippen LogP contribution in [0.2, 0.25) is 0 Å². The lowest BCUT2D eigenvalue weighted by Crippen LogP contribution is -2.11. The molecule has 3 N–H and O–H groups in total. The van der Waals surface area contributed by atoms with E-state index in [2.05, 4.69) is 15.4 Å². The van der Waals surface area contributed by atoms with Gasteiger partial charge < -0.3 is 14.9 Å². The summed E-state index contributed by atoms with van der Waals surface area (Å²) in [6, 6.07) is 0. The SMILES string of the molecule is CCOCCOc1cncc(NN)n1. The summed E-state index contributed by atoms with van der Waals surface area (Å²) in [5, 5.41) is 0. The van der Waals surface area contributed by atoms with Gasteiger partial charge in [0.25, 0.3) is 0 Å². The molecule has 0 spiro atoms. The Labute approximate surface area is 82.4 Å². The number of nitrogen functional groups attached to an aromatic ring is 1. The zero-order chi connectivity index (χ0) is 10.2. The first-order chi connectivity index (χ1) is 6.86. The Bertz CT molecular complexity index is 269. The molecule has 0 unspecified atom stereocenters. The summed E-state index contributed by atoms with van der Waals surface area (Å²) in [6.07, 6.45) is 3.03. The third-order valence-electron chi connectivity index (χ3n) is 1.44. The Morgan fingerprint density at radius 1 is 1.43 bits per heavy atom. The largest absolute Gasteiger partial charge is 0.474 e. The van der Waals surface area contributed by atoms with E-state index < -0.39 is 0 Å². The predicted octanol–water partition coefficient (Wildman–Crippen LogP) is 0.177. The lowest BCUT2D eigenvalue weighted by Gasteiger charge is -2.05. The van der Waals surface area contributed by atoms with Crippen molar-refractivity contribution in [2.24, 2.45) is 5.84 Å². The van der Waals surface area contributed by atoms with Gasteiger partial charge in [-0.1, -0.05) is 0 Å². The molecule has 0 aliphatic rings. The maximum absolute atomic E-state index is 5.26. The summed E-state index contributed by atoms with van der Waals surface area (Å²) in [6.45, 7) is 3.60. The summed E-state index contributed by atoms with van der Waals surface area (Å²) >= 11 is 0. The van der Waals surface area contributed by atoms with E-state index in [0.717, 1.165) is 0 Å². The van der Waals surface area contributed by atoms with Crippen molar-refractivity contribution in [2.75, 3.05) is 25.2 Å². The zero-order valence-corrected chi connectivity index (χ0v) is 8.06. The number of hydrazine groups is 1. The van der Waals surface area contributed by atoms with Gasteiger partial charge >= 0.3 is 0 Å². The van der Waals surface area contributed by atoms with E-state index in [1.54, 1.807) is 0 Å². The molecular weight excluding hydrogens is 184 g/mol. The standard InChI is InChI=1S/C8H14N4O2/c1-2-13-3-4-14-8-6-10-5-7(11-8)12-9/h5-6H,2-4,9H2,1H3,(H,11,12). The fraction of sp³-hybridized carbons (Fsp3) is 0.500. The van der Waals surface area contributed by atoms with Crippen LogP contribution < -0.4 is 16.0 Å². The Balaban J connectivity index is 2.34. The van der Waals surface area contributed by atoms with Gasteiger partial charge in [-0.15, -0.1) is 0 Å². The minimum absolute atomic E-state index is 0.431. The number of rotatable bonds is 6. The summed E-state index contributed by atoms with van der Waals surface area (Å²) < 4.78 is 10.4. The Morgan fingerprint density at radius 2 is 2.29 bits per heavy atom. The molecule has 0 amide bonds. The van der Waals surface area contributed by atoms with Crippen LogP contribution in [0.5, 0.6) is 5.88 Å². The molecular formula is C8H14N4O2. The first-order valence-electron chi connectivity index (χ1n) is 4.36. The molecule has 1 rings (SSSR count). The number of nitrogens with one attached hydrogen (secondary N) is 1. The van der Waals surface area contributed by atoms with E-state index >= 15 is 0 Å². The van der Waals surface area contributed by atoms with E-state index in [0.29, 0.717) is 31.5 Å². The summed E-state index contributed by atoms with van der Waals surface area (Å²) in [4.78, 5) is 7.90. The van der Waals surface area contributed by atoms with Crippen molar-refractivity contribution in [2.45, 2.75) is 6.92 Å². The summed E-state index contributed by atoms with van der Waals surface area (Å²) in [7, 11) is 0. The van der Waals surface area contributed by atoms with Crippen LogP contribution in [0.15, 0.2) is 12.4 Å². The Hall–Kier alpha value is -1.40. The molecule has 0 saturated carbocycles. The third-order valence-corrected chi connectivity index (χ3v) is 1.44. The molecule has 6 nitrogen and oxygen atoms in total. The highest BCUT2D eigenvalue weighted by molar-refractivity contribution is 5.31. The lowest BCUT2D eigenvalue weighted by atomic mass is 10.6. The highest BCUT2D eigenvalue weighted by Gasteiger charge is 1.97. The maximum atomic E-state index is 5.26. The average Bonchev–Trinajstić information content (AvgIpc) is 2.25. The van der Waals surface area contributed by atoms with E-state index in [1.807, 2.05) is 6.92 Å². The van der Waals surface area contributed by atoms with Crippen LogP contribution in [0.3, 0.4) is 0 Å². The minimum Gasteiger partial charge on any atom is -0.474 e. The highest BCUT2D eigenvalue weighted by atomic mass is 16.5. The zero-order valence-electron chi connectivity index (χ0n) is 8.06. The highest BCUT2D eigenvalue weighted by Crippen LogP contribution is 2.07. The van der Waals surface area contributed by atoms with Gasteiger partial charge in [-0.2, -0.15) is 4.98 Å². The van der Waals surface area contributed by atoms with E-state index in [4.69, 9.17) is 15.3 Å². The number of hydrogen-bond acceptors (Lipinski definition) is 6. The van der Waals surface area contributed by atoms with Crippen molar-refractivity contribution in [1.82, 2.24) is 9.97 Å². The van der Waals surface area contributed by atoms with Gasteiger partial charge in [0.2, 0.25) is 5.88 Å². The van der Waals surface area contributed by atoms with E-state index in [1.165, 1.54) is 12.4 Å². The molecule has 1 aromatic heterocycles. The molecule has 0 bridgehead atoms. The fourth-order valence-electron chi connectivity index (χ4n) is 0.837. The van der Waals surface area contributed by atoms with Gasteiger partial charge in [-0.05, 0) is 6.92 Å². The Kier molecular flexibility index (Phi) is 4.66. The van der Waals surface area contributed by atoms with Crippen LogP contribution in [0, 0.1) is 0 Å². The number of nitrogens with zero attached hydrogens (tertiary/aromatic N) is 2. The second-order valence-corrected chi connectivity index (χ2v) is 2.43. The molecule has 0 fully saturated rings. The lowest BCUT2D eigenvalue weighted by molar-refractivity contribution is 0.108. The van der Waals surface area contributed by atoms with Gasteiger partial charge in [-0.25, -0.2) is 5.84 Å². The molecule has 1 heterocycles.